The van der Waals surface area contributed by atoms with Gasteiger partial charge in [-0.3, -0.25) is 19.2 Å². The highest BCUT2D eigenvalue weighted by Crippen LogP contribution is 2.37. The van der Waals surface area contributed by atoms with E-state index in [1.54, 1.807) is 97.2 Å². The average molecular weight is 711 g/mol. The molecule has 3 amide bonds. The second kappa shape index (κ2) is 17.3. The van der Waals surface area contributed by atoms with Crippen molar-refractivity contribution in [2.45, 2.75) is 23.5 Å². The zero-order valence-corrected chi connectivity index (χ0v) is 28.6. The first-order valence-electron chi connectivity index (χ1n) is 15.1. The fourth-order valence-corrected chi connectivity index (χ4v) is 6.47. The van der Waals surface area contributed by atoms with Crippen molar-refractivity contribution in [2.75, 3.05) is 17.2 Å². The van der Waals surface area contributed by atoms with E-state index >= 15 is 0 Å². The van der Waals surface area contributed by atoms with Gasteiger partial charge in [0.2, 0.25) is 5.91 Å². The number of aromatic nitrogens is 1. The molecule has 3 N–H and O–H groups in total. The molecule has 1 aromatic heterocycles. The van der Waals surface area contributed by atoms with Crippen LogP contribution < -0.4 is 16.0 Å². The number of carbonyl (C=O) groups is 4. The molecule has 12 heteroatoms. The van der Waals surface area contributed by atoms with E-state index in [1.165, 1.54) is 23.1 Å². The number of nitrogens with zero attached hydrogens (tertiary/aromatic N) is 1. The van der Waals surface area contributed by atoms with Crippen molar-refractivity contribution < 1.29 is 23.9 Å². The van der Waals surface area contributed by atoms with Gasteiger partial charge in [-0.25, -0.2) is 4.98 Å². The van der Waals surface area contributed by atoms with Gasteiger partial charge in [-0.15, -0.1) is 23.1 Å². The minimum atomic E-state index is -0.625. The minimum absolute atomic E-state index is 0.0250. The molecule has 0 aliphatic heterocycles. The van der Waals surface area contributed by atoms with Crippen LogP contribution in [0.2, 0.25) is 5.02 Å². The molecule has 0 saturated carbocycles. The van der Waals surface area contributed by atoms with Gasteiger partial charge in [-0.2, -0.15) is 0 Å². The Morgan fingerprint density at radius 2 is 1.61 bits per heavy atom. The van der Waals surface area contributed by atoms with Gasteiger partial charge >= 0.3 is 5.97 Å². The third-order valence-corrected chi connectivity index (χ3v) is 9.12. The number of esters is 1. The van der Waals surface area contributed by atoms with Crippen molar-refractivity contribution in [1.82, 2.24) is 10.3 Å². The van der Waals surface area contributed by atoms with Crippen LogP contribution >= 0.6 is 34.7 Å². The maximum atomic E-state index is 13.5. The highest BCUT2D eigenvalue weighted by atomic mass is 35.5. The summed E-state index contributed by atoms with van der Waals surface area (Å²) in [5, 5.41) is 10.4. The third-order valence-electron chi connectivity index (χ3n) is 6.81. The molecule has 0 bridgehead atoms. The highest BCUT2D eigenvalue weighted by molar-refractivity contribution is 8.00. The molecule has 5 rings (SSSR count). The number of carbonyl (C=O) groups excluding carboxylic acids is 4. The van der Waals surface area contributed by atoms with Gasteiger partial charge in [0.25, 0.3) is 11.8 Å². The van der Waals surface area contributed by atoms with E-state index < -0.39 is 17.1 Å². The molecule has 49 heavy (non-hydrogen) atoms. The predicted molar refractivity (Wildman–Crippen MR) is 195 cm³/mol. The maximum absolute atomic E-state index is 13.5. The van der Waals surface area contributed by atoms with Crippen molar-refractivity contribution in [3.63, 3.8) is 0 Å². The lowest BCUT2D eigenvalue weighted by molar-refractivity contribution is -0.142. The van der Waals surface area contributed by atoms with Crippen LogP contribution in [0.5, 0.6) is 0 Å². The number of halogens is 1. The van der Waals surface area contributed by atoms with Crippen molar-refractivity contribution in [2.24, 2.45) is 0 Å². The summed E-state index contributed by atoms with van der Waals surface area (Å²) >= 11 is 8.72. The molecule has 4 aromatic carbocycles. The largest absolute Gasteiger partial charge is 0.466 e. The van der Waals surface area contributed by atoms with E-state index in [2.05, 4.69) is 20.9 Å². The molecule has 1 atom stereocenters. The van der Waals surface area contributed by atoms with Crippen molar-refractivity contribution in [3.8, 4) is 0 Å². The van der Waals surface area contributed by atoms with Crippen molar-refractivity contribution >= 4 is 75.3 Å². The topological polar surface area (TPSA) is 126 Å². The lowest BCUT2D eigenvalue weighted by Crippen LogP contribution is -2.30. The molecule has 0 spiro atoms. The summed E-state index contributed by atoms with van der Waals surface area (Å²) in [5.74, 6) is -1.63. The SMILES string of the molecule is CCOC(=O)Cc1csc(NC(=O)C(Sc2ccc(NC(=O)/C(=C/c3cccc(Cl)c3)NC(=O)c3ccccc3)cc2)c2ccccc2)n1. The lowest BCUT2D eigenvalue weighted by atomic mass is 10.1. The second-order valence-corrected chi connectivity index (χ2v) is 12.9. The Bertz CT molecular complexity index is 1950. The fraction of sp³-hybridized carbons (Fsp3) is 0.108. The molecule has 0 fully saturated rings. The Labute approximate surface area is 296 Å². The van der Waals surface area contributed by atoms with Crippen LogP contribution in [0.4, 0.5) is 10.8 Å². The lowest BCUT2D eigenvalue weighted by Gasteiger charge is -2.17. The number of thiazole rings is 1. The quantitative estimate of drug-likeness (QED) is 0.0647. The van der Waals surface area contributed by atoms with E-state index in [0.717, 1.165) is 10.5 Å². The summed E-state index contributed by atoms with van der Waals surface area (Å²) in [7, 11) is 0. The predicted octanol–water partition coefficient (Wildman–Crippen LogP) is 7.78. The number of anilines is 2. The second-order valence-electron chi connectivity index (χ2n) is 10.4. The van der Waals surface area contributed by atoms with Crippen LogP contribution in [0.3, 0.4) is 0 Å². The summed E-state index contributed by atoms with van der Waals surface area (Å²) in [4.78, 5) is 56.9. The number of thioether (sulfide) groups is 1. The smallest absolute Gasteiger partial charge is 0.311 e. The van der Waals surface area contributed by atoms with Gasteiger partial charge in [0.05, 0.1) is 18.7 Å². The monoisotopic (exact) mass is 710 g/mol. The molecule has 248 valence electrons. The van der Waals surface area contributed by atoms with E-state index in [0.29, 0.717) is 32.7 Å². The third kappa shape index (κ3) is 10.4. The first-order valence-corrected chi connectivity index (χ1v) is 17.3. The van der Waals surface area contributed by atoms with E-state index in [-0.39, 0.29) is 30.6 Å². The van der Waals surface area contributed by atoms with E-state index in [9.17, 15) is 19.2 Å². The van der Waals surface area contributed by atoms with Crippen LogP contribution in [-0.2, 0) is 25.5 Å². The van der Waals surface area contributed by atoms with Gasteiger partial charge in [-0.1, -0.05) is 72.3 Å². The standard InChI is InChI=1S/C37H31ClN4O5S2/c1-2-47-32(43)22-29-23-48-37(40-29)42-36(46)33(25-11-5-3-6-12-25)49-30-18-16-28(17-19-30)39-35(45)31(21-24-10-9-15-27(38)20-24)41-34(44)26-13-7-4-8-14-26/h3-21,23,33H,2,22H2,1H3,(H,39,45)(H,41,44)(H,40,42,46)/b31-21-. The number of benzene rings is 4. The number of amides is 3. The number of hydrogen-bond donors (Lipinski definition) is 3. The van der Waals surface area contributed by atoms with Crippen LogP contribution in [0.25, 0.3) is 6.08 Å². The fourth-order valence-electron chi connectivity index (χ4n) is 4.53. The molecule has 5 aromatic rings. The normalized spacial score (nSPS) is 11.7. The van der Waals surface area contributed by atoms with Crippen LogP contribution in [-0.4, -0.2) is 35.3 Å². The molecular weight excluding hydrogens is 680 g/mol. The summed E-state index contributed by atoms with van der Waals surface area (Å²) in [5.41, 5.74) is 2.86. The summed E-state index contributed by atoms with van der Waals surface area (Å²) in [6.07, 6.45) is 1.58. The Balaban J connectivity index is 1.29. The maximum Gasteiger partial charge on any atom is 0.311 e. The molecule has 0 radical (unpaired) electrons. The Morgan fingerprint density at radius 3 is 2.31 bits per heavy atom. The Hall–Kier alpha value is -5.23. The number of rotatable bonds is 13. The average Bonchev–Trinajstić information content (AvgIpc) is 3.54. The number of ether oxygens (including phenoxy) is 1. The zero-order valence-electron chi connectivity index (χ0n) is 26.2. The Morgan fingerprint density at radius 1 is 0.898 bits per heavy atom. The summed E-state index contributed by atoms with van der Waals surface area (Å²) in [6.45, 7) is 2.02. The Kier molecular flexibility index (Phi) is 12.4. The van der Waals surface area contributed by atoms with Crippen molar-refractivity contribution in [3.05, 3.63) is 148 Å². The first kappa shape index (κ1) is 35.1. The van der Waals surface area contributed by atoms with Crippen LogP contribution in [0, 0.1) is 0 Å². The van der Waals surface area contributed by atoms with Gasteiger partial charge in [0.15, 0.2) is 5.13 Å². The van der Waals surface area contributed by atoms with Gasteiger partial charge < -0.3 is 20.7 Å². The molecule has 9 nitrogen and oxygen atoms in total. The number of nitrogens with one attached hydrogen (secondary N) is 3. The highest BCUT2D eigenvalue weighted by Gasteiger charge is 2.24. The van der Waals surface area contributed by atoms with Gasteiger partial charge in [0.1, 0.15) is 10.9 Å². The minimum Gasteiger partial charge on any atom is -0.466 e. The molecular formula is C37H31ClN4O5S2. The first-order chi connectivity index (χ1) is 23.8. The molecule has 0 aliphatic rings. The van der Waals surface area contributed by atoms with Gasteiger partial charge in [-0.05, 0) is 72.7 Å². The van der Waals surface area contributed by atoms with Crippen LogP contribution in [0.15, 0.2) is 125 Å². The van der Waals surface area contributed by atoms with Gasteiger partial charge in [0, 0.05) is 26.5 Å². The molecule has 1 heterocycles. The summed E-state index contributed by atoms with van der Waals surface area (Å²) in [6, 6.07) is 31.9. The molecule has 1 unspecified atom stereocenters. The molecule has 0 aliphatic carbocycles. The zero-order chi connectivity index (χ0) is 34.6. The molecule has 0 saturated heterocycles. The summed E-state index contributed by atoms with van der Waals surface area (Å²) < 4.78 is 4.99. The van der Waals surface area contributed by atoms with Crippen molar-refractivity contribution in [1.29, 1.82) is 0 Å². The van der Waals surface area contributed by atoms with E-state index in [1.807, 2.05) is 30.3 Å². The number of hydrogen-bond acceptors (Lipinski definition) is 8. The van der Waals surface area contributed by atoms with Crippen LogP contribution in [0.1, 0.15) is 39.4 Å². The van der Waals surface area contributed by atoms with E-state index in [4.69, 9.17) is 16.3 Å².